The van der Waals surface area contributed by atoms with Gasteiger partial charge in [0.25, 0.3) is 0 Å². The molecule has 0 aliphatic heterocycles. The zero-order chi connectivity index (χ0) is 17.8. The molecule has 126 valence electrons. The van der Waals surface area contributed by atoms with Crippen molar-refractivity contribution in [3.8, 4) is 11.5 Å². The van der Waals surface area contributed by atoms with Gasteiger partial charge >= 0.3 is 5.97 Å². The molecule has 0 unspecified atom stereocenters. The maximum atomic E-state index is 11.0. The van der Waals surface area contributed by atoms with Crippen molar-refractivity contribution in [2.45, 2.75) is 13.8 Å². The van der Waals surface area contributed by atoms with Crippen LogP contribution in [0.4, 0.5) is 11.5 Å². The van der Waals surface area contributed by atoms with Crippen LogP contribution >= 0.6 is 0 Å². The largest absolute Gasteiger partial charge is 0.478 e. The van der Waals surface area contributed by atoms with E-state index in [9.17, 15) is 4.79 Å². The summed E-state index contributed by atoms with van der Waals surface area (Å²) in [4.78, 5) is 19.7. The van der Waals surface area contributed by atoms with Crippen LogP contribution in [0.3, 0.4) is 0 Å². The van der Waals surface area contributed by atoms with Crippen LogP contribution in [0.25, 0.3) is 0 Å². The Bertz CT molecular complexity index is 925. The van der Waals surface area contributed by atoms with Gasteiger partial charge in [0.05, 0.1) is 11.3 Å². The van der Waals surface area contributed by atoms with Crippen LogP contribution in [-0.4, -0.2) is 21.0 Å². The number of aryl methyl sites for hydroxylation is 2. The van der Waals surface area contributed by atoms with Crippen molar-refractivity contribution in [2.24, 2.45) is 0 Å². The highest BCUT2D eigenvalue weighted by molar-refractivity contribution is 5.89. The second-order valence-corrected chi connectivity index (χ2v) is 5.53. The average molecular weight is 335 g/mol. The van der Waals surface area contributed by atoms with Crippen LogP contribution in [0.5, 0.6) is 11.5 Å². The van der Waals surface area contributed by atoms with Gasteiger partial charge in [0.15, 0.2) is 0 Å². The molecular weight excluding hydrogens is 318 g/mol. The number of carboxylic acids is 1. The van der Waals surface area contributed by atoms with E-state index in [0.29, 0.717) is 23.0 Å². The first kappa shape index (κ1) is 16.4. The Morgan fingerprint density at radius 3 is 2.72 bits per heavy atom. The molecule has 2 heterocycles. The Balaban J connectivity index is 1.79. The summed E-state index contributed by atoms with van der Waals surface area (Å²) < 4.78 is 5.87. The summed E-state index contributed by atoms with van der Waals surface area (Å²) >= 11 is 0. The minimum absolute atomic E-state index is 0.207. The van der Waals surface area contributed by atoms with Gasteiger partial charge in [-0.15, -0.1) is 0 Å². The average Bonchev–Trinajstić information content (AvgIpc) is 2.58. The Morgan fingerprint density at radius 1 is 1.12 bits per heavy atom. The molecule has 0 aliphatic rings. The van der Waals surface area contributed by atoms with Gasteiger partial charge in [0.1, 0.15) is 17.3 Å². The van der Waals surface area contributed by atoms with Gasteiger partial charge in [-0.25, -0.2) is 9.78 Å². The summed E-state index contributed by atoms with van der Waals surface area (Å²) in [6, 6.07) is 13.8. The van der Waals surface area contributed by atoms with Crippen molar-refractivity contribution >= 4 is 17.5 Å². The molecule has 6 heteroatoms. The lowest BCUT2D eigenvalue weighted by Crippen LogP contribution is -1.99. The second kappa shape index (κ2) is 7.00. The topological polar surface area (TPSA) is 84.3 Å². The Kier molecular flexibility index (Phi) is 4.61. The molecule has 2 N–H and O–H groups in total. The smallest absolute Gasteiger partial charge is 0.335 e. The van der Waals surface area contributed by atoms with Crippen LogP contribution in [-0.2, 0) is 0 Å². The van der Waals surface area contributed by atoms with Gasteiger partial charge in [0.2, 0.25) is 0 Å². The zero-order valence-corrected chi connectivity index (χ0v) is 13.9. The summed E-state index contributed by atoms with van der Waals surface area (Å²) in [5.41, 5.74) is 2.58. The summed E-state index contributed by atoms with van der Waals surface area (Å²) in [6.45, 7) is 3.82. The van der Waals surface area contributed by atoms with E-state index in [0.717, 1.165) is 11.4 Å². The number of nitrogens with one attached hydrogen (secondary N) is 1. The van der Waals surface area contributed by atoms with Crippen molar-refractivity contribution in [3.63, 3.8) is 0 Å². The number of anilines is 2. The zero-order valence-electron chi connectivity index (χ0n) is 13.9. The van der Waals surface area contributed by atoms with Gasteiger partial charge in [-0.3, -0.25) is 4.98 Å². The maximum Gasteiger partial charge on any atom is 0.335 e. The molecule has 1 aromatic carbocycles. The molecule has 3 aromatic rings. The lowest BCUT2D eigenvalue weighted by molar-refractivity contribution is 0.0697. The highest BCUT2D eigenvalue weighted by Gasteiger charge is 2.06. The number of aromatic carboxylic acids is 1. The van der Waals surface area contributed by atoms with E-state index in [-0.39, 0.29) is 5.56 Å². The first-order valence-electron chi connectivity index (χ1n) is 7.70. The fraction of sp³-hybridized carbons (Fsp3) is 0.105. The van der Waals surface area contributed by atoms with Crippen LogP contribution in [0, 0.1) is 13.8 Å². The molecule has 2 aromatic heterocycles. The molecule has 0 spiro atoms. The third-order valence-electron chi connectivity index (χ3n) is 3.52. The van der Waals surface area contributed by atoms with E-state index in [1.165, 1.54) is 6.07 Å². The van der Waals surface area contributed by atoms with E-state index in [1.807, 2.05) is 26.0 Å². The van der Waals surface area contributed by atoms with E-state index < -0.39 is 5.97 Å². The summed E-state index contributed by atoms with van der Waals surface area (Å²) in [5, 5.41) is 12.1. The first-order chi connectivity index (χ1) is 12.0. The predicted molar refractivity (Wildman–Crippen MR) is 94.7 cm³/mol. The fourth-order valence-electron chi connectivity index (χ4n) is 2.33. The highest BCUT2D eigenvalue weighted by Crippen LogP contribution is 2.26. The Hall–Kier alpha value is -3.41. The third kappa shape index (κ3) is 4.11. The minimum atomic E-state index is -0.976. The lowest BCUT2D eigenvalue weighted by Gasteiger charge is -2.11. The quantitative estimate of drug-likeness (QED) is 0.722. The molecule has 25 heavy (non-hydrogen) atoms. The van der Waals surface area contributed by atoms with Gasteiger partial charge in [-0.05, 0) is 50.2 Å². The number of pyridine rings is 2. The number of hydrogen-bond donors (Lipinski definition) is 2. The number of ether oxygens (including phenoxy) is 1. The summed E-state index contributed by atoms with van der Waals surface area (Å²) in [5.74, 6) is 0.866. The van der Waals surface area contributed by atoms with Crippen molar-refractivity contribution in [2.75, 3.05) is 5.32 Å². The van der Waals surface area contributed by atoms with Crippen LogP contribution in [0.1, 0.15) is 21.7 Å². The van der Waals surface area contributed by atoms with Gasteiger partial charge < -0.3 is 15.2 Å². The van der Waals surface area contributed by atoms with Gasteiger partial charge in [-0.1, -0.05) is 6.07 Å². The molecule has 0 saturated heterocycles. The number of carboxylic acid groups (broad SMARTS) is 1. The lowest BCUT2D eigenvalue weighted by atomic mass is 10.2. The monoisotopic (exact) mass is 335 g/mol. The standard InChI is InChI=1S/C19H17N3O3/c1-12-6-7-17(13(2)21-12)25-16-8-9-20-18(11-16)22-15-5-3-4-14(10-15)19(23)24/h3-11H,1-2H3,(H,20,22)(H,23,24). The maximum absolute atomic E-state index is 11.0. The minimum Gasteiger partial charge on any atom is -0.478 e. The van der Waals surface area contributed by atoms with Gasteiger partial charge in [0, 0.05) is 23.6 Å². The highest BCUT2D eigenvalue weighted by atomic mass is 16.5. The van der Waals surface area contributed by atoms with E-state index in [1.54, 1.807) is 36.5 Å². The third-order valence-corrected chi connectivity index (χ3v) is 3.52. The van der Waals surface area contributed by atoms with Crippen LogP contribution in [0.15, 0.2) is 54.7 Å². The van der Waals surface area contributed by atoms with Crippen molar-refractivity contribution in [1.82, 2.24) is 9.97 Å². The molecule has 0 atom stereocenters. The molecule has 6 nitrogen and oxygen atoms in total. The normalized spacial score (nSPS) is 10.3. The number of carbonyl (C=O) groups is 1. The molecule has 0 radical (unpaired) electrons. The van der Waals surface area contributed by atoms with E-state index in [4.69, 9.17) is 9.84 Å². The molecule has 0 amide bonds. The van der Waals surface area contributed by atoms with Crippen molar-refractivity contribution in [1.29, 1.82) is 0 Å². The Labute approximate surface area is 145 Å². The van der Waals surface area contributed by atoms with Crippen molar-refractivity contribution < 1.29 is 14.6 Å². The second-order valence-electron chi connectivity index (χ2n) is 5.53. The summed E-state index contributed by atoms with van der Waals surface area (Å²) in [6.07, 6.45) is 1.62. The predicted octanol–water partition coefficient (Wildman–Crippen LogP) is 4.33. The van der Waals surface area contributed by atoms with Crippen molar-refractivity contribution in [3.05, 3.63) is 71.7 Å². The Morgan fingerprint density at radius 2 is 1.96 bits per heavy atom. The number of benzene rings is 1. The SMILES string of the molecule is Cc1ccc(Oc2ccnc(Nc3cccc(C(=O)O)c3)c2)c(C)n1. The molecular formula is C19H17N3O3. The molecule has 0 bridgehead atoms. The number of hydrogen-bond acceptors (Lipinski definition) is 5. The van der Waals surface area contributed by atoms with Crippen LogP contribution in [0.2, 0.25) is 0 Å². The molecule has 0 fully saturated rings. The van der Waals surface area contributed by atoms with E-state index >= 15 is 0 Å². The first-order valence-corrected chi connectivity index (χ1v) is 7.70. The van der Waals surface area contributed by atoms with E-state index in [2.05, 4.69) is 15.3 Å². The molecule has 0 aliphatic carbocycles. The fourth-order valence-corrected chi connectivity index (χ4v) is 2.33. The number of nitrogens with zero attached hydrogens (tertiary/aromatic N) is 2. The number of aromatic nitrogens is 2. The van der Waals surface area contributed by atoms with Gasteiger partial charge in [-0.2, -0.15) is 0 Å². The summed E-state index contributed by atoms with van der Waals surface area (Å²) in [7, 11) is 0. The van der Waals surface area contributed by atoms with Crippen LogP contribution < -0.4 is 10.1 Å². The number of rotatable bonds is 5. The molecule has 0 saturated carbocycles. The molecule has 3 rings (SSSR count).